The summed E-state index contributed by atoms with van der Waals surface area (Å²) in [6, 6.07) is 14.3. The maximum Gasteiger partial charge on any atom is 0.282 e. The third kappa shape index (κ3) is 4.44. The largest absolute Gasteiger partial charge is 0.497 e. The number of amides is 2. The Bertz CT molecular complexity index is 1040. The van der Waals surface area contributed by atoms with E-state index in [1.807, 2.05) is 17.9 Å². The monoisotopic (exact) mass is 451 g/mol. The summed E-state index contributed by atoms with van der Waals surface area (Å²) in [5.41, 5.74) is 1.89. The van der Waals surface area contributed by atoms with Gasteiger partial charge < -0.3 is 19.5 Å². The Kier molecular flexibility index (Phi) is 6.96. The molecule has 8 nitrogen and oxygen atoms in total. The van der Waals surface area contributed by atoms with E-state index in [2.05, 4.69) is 4.90 Å². The zero-order valence-electron chi connectivity index (χ0n) is 19.0. The van der Waals surface area contributed by atoms with Crippen LogP contribution in [-0.4, -0.2) is 79.8 Å². The van der Waals surface area contributed by atoms with Crippen LogP contribution < -0.4 is 14.4 Å². The molecular weight excluding hydrogens is 422 g/mol. The Hall–Kier alpha value is -3.36. The molecule has 1 N–H and O–H groups in total. The molecule has 0 unspecified atom stereocenters. The lowest BCUT2D eigenvalue weighted by Gasteiger charge is -2.36. The number of anilines is 1. The average molecular weight is 452 g/mol. The number of ether oxygens (including phenoxy) is 2. The second-order valence-electron chi connectivity index (χ2n) is 7.85. The van der Waals surface area contributed by atoms with Crippen molar-refractivity contribution in [3.05, 3.63) is 59.8 Å². The van der Waals surface area contributed by atoms with E-state index in [-0.39, 0.29) is 18.4 Å². The number of nitrogens with zero attached hydrogens (tertiary/aromatic N) is 3. The van der Waals surface area contributed by atoms with Crippen molar-refractivity contribution in [2.45, 2.75) is 6.92 Å². The molecule has 2 aliphatic heterocycles. The van der Waals surface area contributed by atoms with Gasteiger partial charge in [-0.2, -0.15) is 0 Å². The summed E-state index contributed by atoms with van der Waals surface area (Å²) in [4.78, 5) is 32.8. The van der Waals surface area contributed by atoms with Crippen LogP contribution in [0.4, 0.5) is 5.69 Å². The summed E-state index contributed by atoms with van der Waals surface area (Å²) in [6.07, 6.45) is 0. The Labute approximate surface area is 193 Å². The highest BCUT2D eigenvalue weighted by Crippen LogP contribution is 2.39. The van der Waals surface area contributed by atoms with Gasteiger partial charge in [-0.1, -0.05) is 24.3 Å². The Morgan fingerprint density at radius 1 is 0.939 bits per heavy atom. The molecule has 2 amide bonds. The van der Waals surface area contributed by atoms with Gasteiger partial charge in [-0.3, -0.25) is 14.5 Å². The van der Waals surface area contributed by atoms with Gasteiger partial charge in [0.1, 0.15) is 17.2 Å². The van der Waals surface area contributed by atoms with Crippen LogP contribution >= 0.6 is 0 Å². The third-order valence-corrected chi connectivity index (χ3v) is 5.95. The first-order valence-corrected chi connectivity index (χ1v) is 11.2. The van der Waals surface area contributed by atoms with Gasteiger partial charge in [0.25, 0.3) is 11.8 Å². The maximum atomic E-state index is 13.8. The quantitative estimate of drug-likeness (QED) is 0.615. The number of hydrogen-bond acceptors (Lipinski definition) is 7. The molecule has 2 aromatic rings. The predicted octanol–water partition coefficient (Wildman–Crippen LogP) is 1.99. The van der Waals surface area contributed by atoms with Crippen molar-refractivity contribution in [2.24, 2.45) is 0 Å². The van der Waals surface area contributed by atoms with Gasteiger partial charge in [0.2, 0.25) is 0 Å². The van der Waals surface area contributed by atoms with Crippen molar-refractivity contribution in [3.63, 3.8) is 0 Å². The molecular formula is C25H29N3O5. The molecule has 2 aromatic carbocycles. The maximum absolute atomic E-state index is 13.8. The first-order chi connectivity index (χ1) is 16.1. The Balaban J connectivity index is 1.75. The van der Waals surface area contributed by atoms with Gasteiger partial charge in [0.15, 0.2) is 0 Å². The third-order valence-electron chi connectivity index (χ3n) is 5.95. The zero-order valence-corrected chi connectivity index (χ0v) is 19.0. The number of methoxy groups -OCH3 is 1. The van der Waals surface area contributed by atoms with Gasteiger partial charge in [0.05, 0.1) is 31.6 Å². The topological polar surface area (TPSA) is 82.6 Å². The summed E-state index contributed by atoms with van der Waals surface area (Å²) in [6.45, 7) is 5.57. The minimum atomic E-state index is -0.370. The smallest absolute Gasteiger partial charge is 0.282 e. The van der Waals surface area contributed by atoms with Crippen LogP contribution in [-0.2, 0) is 9.59 Å². The highest BCUT2D eigenvalue weighted by atomic mass is 16.5. The molecule has 4 rings (SSSR count). The first-order valence-electron chi connectivity index (χ1n) is 11.2. The molecule has 2 heterocycles. The van der Waals surface area contributed by atoms with Crippen molar-refractivity contribution in [1.29, 1.82) is 0 Å². The van der Waals surface area contributed by atoms with Gasteiger partial charge in [-0.25, -0.2) is 4.90 Å². The van der Waals surface area contributed by atoms with Crippen molar-refractivity contribution >= 4 is 23.1 Å². The van der Waals surface area contributed by atoms with Crippen LogP contribution in [0.1, 0.15) is 12.5 Å². The summed E-state index contributed by atoms with van der Waals surface area (Å²) in [5.74, 6) is 0.442. The van der Waals surface area contributed by atoms with Gasteiger partial charge in [-0.05, 0) is 36.8 Å². The van der Waals surface area contributed by atoms with E-state index in [4.69, 9.17) is 9.47 Å². The Morgan fingerprint density at radius 3 is 2.27 bits per heavy atom. The van der Waals surface area contributed by atoms with Crippen molar-refractivity contribution in [2.75, 3.05) is 57.9 Å². The number of aliphatic hydroxyl groups is 1. The molecule has 33 heavy (non-hydrogen) atoms. The summed E-state index contributed by atoms with van der Waals surface area (Å²) < 4.78 is 11.0. The Morgan fingerprint density at radius 2 is 1.64 bits per heavy atom. The van der Waals surface area contributed by atoms with Crippen LogP contribution in [0.25, 0.3) is 5.57 Å². The summed E-state index contributed by atoms with van der Waals surface area (Å²) in [7, 11) is 1.59. The molecule has 0 aromatic heterocycles. The zero-order chi connectivity index (χ0) is 23.4. The molecule has 1 saturated heterocycles. The standard InChI is InChI=1S/C25H29N3O5/c1-3-33-21-7-5-4-6-20(21)28-24(30)22(18-8-10-19(32-2)11-9-18)23(25(28)31)27-14-12-26(13-15-27)16-17-29/h4-11,29H,3,12-17H2,1-2H3. The fourth-order valence-electron chi connectivity index (χ4n) is 4.30. The van der Waals surface area contributed by atoms with Crippen LogP contribution in [0, 0.1) is 0 Å². The van der Waals surface area contributed by atoms with Gasteiger partial charge >= 0.3 is 0 Å². The molecule has 0 bridgehead atoms. The molecule has 0 spiro atoms. The number of para-hydroxylation sites is 2. The fraction of sp³-hybridized carbons (Fsp3) is 0.360. The van der Waals surface area contributed by atoms with Crippen LogP contribution in [0.2, 0.25) is 0 Å². The van der Waals surface area contributed by atoms with E-state index in [9.17, 15) is 14.7 Å². The number of imide groups is 1. The fourth-order valence-corrected chi connectivity index (χ4v) is 4.30. The molecule has 0 radical (unpaired) electrons. The van der Waals surface area contributed by atoms with E-state index in [0.717, 1.165) is 0 Å². The highest BCUT2D eigenvalue weighted by molar-refractivity contribution is 6.45. The number of piperazine rings is 1. The molecule has 1 fully saturated rings. The van der Waals surface area contributed by atoms with E-state index in [0.29, 0.717) is 73.4 Å². The molecule has 8 heteroatoms. The SMILES string of the molecule is CCOc1ccccc1N1C(=O)C(c2ccc(OC)cc2)=C(N2CCN(CCO)CC2)C1=O. The van der Waals surface area contributed by atoms with E-state index in [1.54, 1.807) is 49.6 Å². The molecule has 0 saturated carbocycles. The molecule has 174 valence electrons. The molecule has 0 aliphatic carbocycles. The normalized spacial score (nSPS) is 17.2. The average Bonchev–Trinajstić information content (AvgIpc) is 3.10. The number of aliphatic hydroxyl groups excluding tert-OH is 1. The minimum absolute atomic E-state index is 0.0964. The predicted molar refractivity (Wildman–Crippen MR) is 125 cm³/mol. The number of carbonyl (C=O) groups is 2. The molecule has 2 aliphatic rings. The number of β-amino-alcohol motifs (C(OH)–C–C–N with tert-alkyl or cyclic N) is 1. The lowest BCUT2D eigenvalue weighted by molar-refractivity contribution is -0.120. The minimum Gasteiger partial charge on any atom is -0.497 e. The van der Waals surface area contributed by atoms with Crippen molar-refractivity contribution < 1.29 is 24.2 Å². The highest BCUT2D eigenvalue weighted by Gasteiger charge is 2.44. The van der Waals surface area contributed by atoms with E-state index in [1.165, 1.54) is 4.90 Å². The number of hydrogen-bond donors (Lipinski definition) is 1. The lowest BCUT2D eigenvalue weighted by Crippen LogP contribution is -2.48. The van der Waals surface area contributed by atoms with E-state index >= 15 is 0 Å². The number of rotatable bonds is 8. The second-order valence-corrected chi connectivity index (χ2v) is 7.85. The van der Waals surface area contributed by atoms with Gasteiger partial charge in [-0.15, -0.1) is 0 Å². The van der Waals surface area contributed by atoms with Gasteiger partial charge in [0, 0.05) is 32.7 Å². The van der Waals surface area contributed by atoms with E-state index < -0.39 is 0 Å². The second kappa shape index (κ2) is 10.1. The summed E-state index contributed by atoms with van der Waals surface area (Å²) >= 11 is 0. The number of carbonyl (C=O) groups excluding carboxylic acids is 2. The van der Waals surface area contributed by atoms with Crippen LogP contribution in [0.15, 0.2) is 54.2 Å². The molecule has 0 atom stereocenters. The van der Waals surface area contributed by atoms with Crippen molar-refractivity contribution in [1.82, 2.24) is 9.80 Å². The summed E-state index contributed by atoms with van der Waals surface area (Å²) in [5, 5.41) is 9.24. The van der Waals surface area contributed by atoms with Crippen LogP contribution in [0.5, 0.6) is 11.5 Å². The number of benzene rings is 2. The lowest BCUT2D eigenvalue weighted by atomic mass is 10.0. The first kappa shape index (κ1) is 22.8. The van der Waals surface area contributed by atoms with Crippen molar-refractivity contribution in [3.8, 4) is 11.5 Å². The van der Waals surface area contributed by atoms with Crippen LogP contribution in [0.3, 0.4) is 0 Å².